The Labute approximate surface area is 227 Å². The first kappa shape index (κ1) is 30.6. The fourth-order valence-electron chi connectivity index (χ4n) is 4.17. The molecule has 3 rings (SSSR count). The number of alkyl halides is 3. The smallest absolute Gasteiger partial charge is 0.381 e. The van der Waals surface area contributed by atoms with Crippen molar-refractivity contribution in [2.45, 2.75) is 51.6 Å². The Balaban J connectivity index is 1.74. The molecule has 2 amide bonds. The van der Waals surface area contributed by atoms with E-state index in [2.05, 4.69) is 10.6 Å². The molecular weight excluding hydrogens is 547 g/mol. The fraction of sp³-hybridized carbons (Fsp3) is 0.462. The number of amides is 2. The zero-order chi connectivity index (χ0) is 29.1. The van der Waals surface area contributed by atoms with Crippen LogP contribution in [0.15, 0.2) is 30.3 Å². The number of aliphatic hydroxyl groups is 1. The van der Waals surface area contributed by atoms with Gasteiger partial charge in [0.15, 0.2) is 11.6 Å². The van der Waals surface area contributed by atoms with Gasteiger partial charge in [-0.15, -0.1) is 0 Å². The van der Waals surface area contributed by atoms with Crippen molar-refractivity contribution < 1.29 is 36.6 Å². The van der Waals surface area contributed by atoms with Gasteiger partial charge in [0.1, 0.15) is 5.60 Å². The second-order valence-electron chi connectivity index (χ2n) is 9.95. The summed E-state index contributed by atoms with van der Waals surface area (Å²) in [5.74, 6) is -4.45. The Kier molecular flexibility index (Phi) is 9.45. The van der Waals surface area contributed by atoms with Gasteiger partial charge in [0.05, 0.1) is 23.4 Å². The van der Waals surface area contributed by atoms with E-state index in [1.165, 1.54) is 26.0 Å². The molecule has 2 aromatic rings. The van der Waals surface area contributed by atoms with Crippen LogP contribution in [-0.4, -0.2) is 65.8 Å². The van der Waals surface area contributed by atoms with Crippen LogP contribution in [0.25, 0.3) is 0 Å². The van der Waals surface area contributed by atoms with Gasteiger partial charge in [-0.05, 0) is 45.0 Å². The Hall–Kier alpha value is -2.96. The number of nitrogens with zero attached hydrogens (tertiary/aromatic N) is 2. The summed E-state index contributed by atoms with van der Waals surface area (Å²) in [5, 5.41) is 14.9. The normalized spacial score (nSPS) is 16.8. The molecular formula is C26H30ClF5N4O3. The lowest BCUT2D eigenvalue weighted by Gasteiger charge is -2.41. The molecule has 0 radical (unpaired) electrons. The first-order chi connectivity index (χ1) is 18.1. The van der Waals surface area contributed by atoms with E-state index >= 15 is 0 Å². The second kappa shape index (κ2) is 12.1. The van der Waals surface area contributed by atoms with Gasteiger partial charge in [-0.2, -0.15) is 13.2 Å². The van der Waals surface area contributed by atoms with E-state index in [0.717, 1.165) is 12.1 Å². The van der Waals surface area contributed by atoms with Crippen molar-refractivity contribution in [2.75, 3.05) is 36.4 Å². The lowest BCUT2D eigenvalue weighted by atomic mass is 10.1. The van der Waals surface area contributed by atoms with Gasteiger partial charge in [0, 0.05) is 49.4 Å². The molecule has 0 aliphatic carbocycles. The van der Waals surface area contributed by atoms with Crippen molar-refractivity contribution >= 4 is 34.8 Å². The molecule has 1 atom stereocenters. The summed E-state index contributed by atoms with van der Waals surface area (Å²) >= 11 is 6.17. The molecule has 1 aliphatic heterocycles. The monoisotopic (exact) mass is 576 g/mol. The zero-order valence-electron chi connectivity index (χ0n) is 21.6. The molecule has 1 aliphatic rings. The number of rotatable bonds is 8. The molecule has 214 valence electrons. The average molecular weight is 577 g/mol. The molecule has 13 heteroatoms. The molecule has 0 saturated carbocycles. The number of hydrogen-bond acceptors (Lipinski definition) is 5. The molecule has 2 aromatic carbocycles. The van der Waals surface area contributed by atoms with Crippen molar-refractivity contribution in [3.8, 4) is 0 Å². The molecule has 7 nitrogen and oxygen atoms in total. The van der Waals surface area contributed by atoms with Crippen LogP contribution in [0.2, 0.25) is 5.02 Å². The van der Waals surface area contributed by atoms with Gasteiger partial charge in [-0.25, -0.2) is 8.78 Å². The third-order valence-corrected chi connectivity index (χ3v) is 6.63. The van der Waals surface area contributed by atoms with E-state index in [9.17, 15) is 36.6 Å². The minimum atomic E-state index is -4.25. The zero-order valence-corrected chi connectivity index (χ0v) is 22.4. The summed E-state index contributed by atoms with van der Waals surface area (Å²) in [7, 11) is 0. The number of nitrogens with one attached hydrogen (secondary N) is 2. The molecule has 3 N–H and O–H groups in total. The van der Waals surface area contributed by atoms with Crippen LogP contribution in [0.1, 0.15) is 43.1 Å². The quantitative estimate of drug-likeness (QED) is 0.396. The molecule has 39 heavy (non-hydrogen) atoms. The van der Waals surface area contributed by atoms with Crippen molar-refractivity contribution in [2.24, 2.45) is 0 Å². The van der Waals surface area contributed by atoms with Crippen molar-refractivity contribution in [3.63, 3.8) is 0 Å². The minimum absolute atomic E-state index is 0.125. The SMILES string of the molecule is C[C@@H]1CN(c2cc(Cl)ccc2NC(=O)c2ccc(CNC(=O)C(C)(C)O)c(F)c2F)CCN1CCC(F)(F)F. The van der Waals surface area contributed by atoms with Crippen molar-refractivity contribution in [1.29, 1.82) is 0 Å². The summed E-state index contributed by atoms with van der Waals surface area (Å²) in [4.78, 5) is 28.3. The van der Waals surface area contributed by atoms with E-state index in [-0.39, 0.29) is 23.8 Å². The van der Waals surface area contributed by atoms with E-state index < -0.39 is 53.8 Å². The molecule has 0 unspecified atom stereocenters. The van der Waals surface area contributed by atoms with E-state index in [4.69, 9.17) is 11.6 Å². The highest BCUT2D eigenvalue weighted by atomic mass is 35.5. The molecule has 0 bridgehead atoms. The number of carbonyl (C=O) groups excluding carboxylic acids is 2. The van der Waals surface area contributed by atoms with Crippen molar-refractivity contribution in [1.82, 2.24) is 10.2 Å². The predicted molar refractivity (Wildman–Crippen MR) is 138 cm³/mol. The van der Waals surface area contributed by atoms with E-state index in [1.54, 1.807) is 17.9 Å². The second-order valence-corrected chi connectivity index (χ2v) is 10.4. The van der Waals surface area contributed by atoms with Crippen LogP contribution in [-0.2, 0) is 11.3 Å². The number of piperazine rings is 1. The van der Waals surface area contributed by atoms with Crippen molar-refractivity contribution in [3.05, 3.63) is 58.1 Å². The van der Waals surface area contributed by atoms with Crippen LogP contribution in [0.5, 0.6) is 0 Å². The molecule has 0 spiro atoms. The number of benzene rings is 2. The fourth-order valence-corrected chi connectivity index (χ4v) is 4.34. The van der Waals surface area contributed by atoms with Gasteiger partial charge >= 0.3 is 6.18 Å². The number of anilines is 2. The lowest BCUT2D eigenvalue weighted by Crippen LogP contribution is -2.52. The summed E-state index contributed by atoms with van der Waals surface area (Å²) in [6, 6.07) is 6.61. The summed E-state index contributed by atoms with van der Waals surface area (Å²) in [6.45, 7) is 4.83. The third-order valence-electron chi connectivity index (χ3n) is 6.40. The van der Waals surface area contributed by atoms with Crippen LogP contribution in [0.3, 0.4) is 0 Å². The summed E-state index contributed by atoms with van der Waals surface area (Å²) in [6.07, 6.45) is -5.17. The van der Waals surface area contributed by atoms with Crippen LogP contribution < -0.4 is 15.5 Å². The first-order valence-electron chi connectivity index (χ1n) is 12.2. The largest absolute Gasteiger partial charge is 0.390 e. The highest BCUT2D eigenvalue weighted by Crippen LogP contribution is 2.32. The molecule has 0 aromatic heterocycles. The lowest BCUT2D eigenvalue weighted by molar-refractivity contribution is -0.139. The standard InChI is InChI=1S/C26H30ClF5N4O3/c1-15-14-36(11-10-35(15)9-8-26(30,31)32)20-12-17(27)5-7-19(20)34-23(37)18-6-4-16(21(28)22(18)29)13-33-24(38)25(2,3)39/h4-7,12,15,39H,8-11,13-14H2,1-3H3,(H,33,38)(H,34,37)/t15-/m1/s1. The maximum absolute atomic E-state index is 14.8. The van der Waals surface area contributed by atoms with E-state index in [1.807, 2.05) is 4.90 Å². The Morgan fingerprint density at radius 2 is 1.79 bits per heavy atom. The highest BCUT2D eigenvalue weighted by molar-refractivity contribution is 6.31. The van der Waals surface area contributed by atoms with Gasteiger partial charge in [0.25, 0.3) is 11.8 Å². The summed E-state index contributed by atoms with van der Waals surface area (Å²) in [5.41, 5.74) is -1.74. The number of hydrogen-bond donors (Lipinski definition) is 3. The number of halogens is 6. The molecule has 1 fully saturated rings. The Bertz CT molecular complexity index is 1220. The Morgan fingerprint density at radius 3 is 2.41 bits per heavy atom. The Morgan fingerprint density at radius 1 is 1.10 bits per heavy atom. The van der Waals surface area contributed by atoms with Gasteiger partial charge in [-0.1, -0.05) is 17.7 Å². The maximum atomic E-state index is 14.8. The highest BCUT2D eigenvalue weighted by Gasteiger charge is 2.32. The summed E-state index contributed by atoms with van der Waals surface area (Å²) < 4.78 is 67.5. The predicted octanol–water partition coefficient (Wildman–Crippen LogP) is 4.72. The van der Waals surface area contributed by atoms with Crippen LogP contribution in [0.4, 0.5) is 33.3 Å². The third kappa shape index (κ3) is 8.02. The average Bonchev–Trinajstić information content (AvgIpc) is 2.83. The van der Waals surface area contributed by atoms with Gasteiger partial charge < -0.3 is 20.6 Å². The van der Waals surface area contributed by atoms with E-state index in [0.29, 0.717) is 30.3 Å². The number of carbonyl (C=O) groups is 2. The van der Waals surface area contributed by atoms with Gasteiger partial charge in [-0.3, -0.25) is 14.5 Å². The minimum Gasteiger partial charge on any atom is -0.381 e. The molecule has 1 saturated heterocycles. The topological polar surface area (TPSA) is 84.9 Å². The van der Waals surface area contributed by atoms with Crippen LogP contribution >= 0.6 is 11.6 Å². The molecule has 1 heterocycles. The van der Waals surface area contributed by atoms with Crippen LogP contribution in [0, 0.1) is 11.6 Å². The first-order valence-corrected chi connectivity index (χ1v) is 12.6. The van der Waals surface area contributed by atoms with Gasteiger partial charge in [0.2, 0.25) is 0 Å². The maximum Gasteiger partial charge on any atom is 0.390 e.